The molecule has 1 saturated heterocycles. The van der Waals surface area contributed by atoms with Crippen molar-refractivity contribution in [3.05, 3.63) is 5.82 Å². The third kappa shape index (κ3) is 4.13. The number of alkyl halides is 3. The van der Waals surface area contributed by atoms with E-state index in [2.05, 4.69) is 15.5 Å². The van der Waals surface area contributed by atoms with Gasteiger partial charge in [0.15, 0.2) is 11.9 Å². The van der Waals surface area contributed by atoms with Gasteiger partial charge in [-0.25, -0.2) is 4.68 Å². The second-order valence-electron chi connectivity index (χ2n) is 5.42. The number of aliphatic hydroxyl groups is 1. The molecule has 1 atom stereocenters. The lowest BCUT2D eigenvalue weighted by Gasteiger charge is -2.34. The number of tetrazole rings is 1. The normalized spacial score (nSPS) is 19.9. The molecule has 21 heavy (non-hydrogen) atoms. The van der Waals surface area contributed by atoms with E-state index in [4.69, 9.17) is 0 Å². The summed E-state index contributed by atoms with van der Waals surface area (Å²) in [5.74, 6) is 0.0135. The van der Waals surface area contributed by atoms with Crippen molar-refractivity contribution in [3.63, 3.8) is 0 Å². The molecule has 2 heterocycles. The van der Waals surface area contributed by atoms with E-state index in [1.807, 2.05) is 11.8 Å². The molecule has 1 aliphatic rings. The third-order valence-corrected chi connectivity index (χ3v) is 3.82. The lowest BCUT2D eigenvalue weighted by Crippen LogP contribution is -2.43. The quantitative estimate of drug-likeness (QED) is 0.886. The lowest BCUT2D eigenvalue weighted by molar-refractivity contribution is -0.223. The van der Waals surface area contributed by atoms with Crippen LogP contribution in [-0.4, -0.2) is 55.6 Å². The molecule has 0 spiro atoms. The van der Waals surface area contributed by atoms with E-state index in [9.17, 15) is 18.3 Å². The Bertz CT molecular complexity index is 442. The Labute approximate surface area is 120 Å². The second-order valence-corrected chi connectivity index (χ2v) is 5.42. The summed E-state index contributed by atoms with van der Waals surface area (Å²) in [4.78, 5) is 2.03. The first-order chi connectivity index (χ1) is 9.91. The molecule has 1 aliphatic heterocycles. The zero-order valence-electron chi connectivity index (χ0n) is 11.9. The van der Waals surface area contributed by atoms with Crippen LogP contribution < -0.4 is 0 Å². The zero-order valence-corrected chi connectivity index (χ0v) is 11.9. The van der Waals surface area contributed by atoms with Crippen LogP contribution in [0.4, 0.5) is 13.2 Å². The molecule has 9 heteroatoms. The van der Waals surface area contributed by atoms with Crippen LogP contribution in [0.5, 0.6) is 0 Å². The van der Waals surface area contributed by atoms with Gasteiger partial charge in [-0.05, 0) is 48.7 Å². The molecular formula is C12H20F3N5O. The fraction of sp³-hybridized carbons (Fsp3) is 0.917. The summed E-state index contributed by atoms with van der Waals surface area (Å²) in [6, 6.07) is 0. The average Bonchev–Trinajstić information content (AvgIpc) is 2.86. The largest absolute Gasteiger partial charge is 0.414 e. The summed E-state index contributed by atoms with van der Waals surface area (Å²) >= 11 is 0. The Balaban J connectivity index is 1.85. The molecular weight excluding hydrogens is 287 g/mol. The number of hydrogen-bond acceptors (Lipinski definition) is 5. The van der Waals surface area contributed by atoms with Crippen LogP contribution >= 0.6 is 0 Å². The molecule has 0 aliphatic carbocycles. The Morgan fingerprint density at radius 1 is 1.33 bits per heavy atom. The minimum absolute atomic E-state index is 0.329. The van der Waals surface area contributed by atoms with E-state index >= 15 is 0 Å². The second kappa shape index (κ2) is 6.69. The van der Waals surface area contributed by atoms with Gasteiger partial charge in [0.25, 0.3) is 0 Å². The Kier molecular flexibility index (Phi) is 5.15. The topological polar surface area (TPSA) is 67.1 Å². The van der Waals surface area contributed by atoms with Crippen LogP contribution in [0.3, 0.4) is 0 Å². The van der Waals surface area contributed by atoms with Gasteiger partial charge in [-0.15, -0.1) is 5.10 Å². The van der Waals surface area contributed by atoms with Gasteiger partial charge in [0, 0.05) is 6.54 Å². The first kappa shape index (κ1) is 16.2. The zero-order chi connectivity index (χ0) is 15.5. The lowest BCUT2D eigenvalue weighted by atomic mass is 9.91. The van der Waals surface area contributed by atoms with Crippen molar-refractivity contribution in [1.29, 1.82) is 0 Å². The van der Waals surface area contributed by atoms with Gasteiger partial charge >= 0.3 is 6.18 Å². The number of aromatic nitrogens is 4. The van der Waals surface area contributed by atoms with Crippen molar-refractivity contribution in [1.82, 2.24) is 25.1 Å². The van der Waals surface area contributed by atoms with Crippen LogP contribution in [0.2, 0.25) is 0 Å². The summed E-state index contributed by atoms with van der Waals surface area (Å²) in [6.07, 6.45) is -5.17. The van der Waals surface area contributed by atoms with Crippen molar-refractivity contribution >= 4 is 0 Å². The molecule has 120 valence electrons. The molecule has 0 radical (unpaired) electrons. The standard InChI is InChI=1S/C12H20F3N5O/c1-2-5-20-10(16-17-18-20)8-19-6-3-9(4-7-19)11(21)12(13,14)15/h9,11,21H,2-8H2,1H3. The van der Waals surface area contributed by atoms with E-state index in [1.165, 1.54) is 0 Å². The monoisotopic (exact) mass is 307 g/mol. The van der Waals surface area contributed by atoms with Crippen molar-refractivity contribution in [2.45, 2.75) is 51.6 Å². The maximum Gasteiger partial charge on any atom is 0.414 e. The predicted octanol–water partition coefficient (Wildman–Crippen LogP) is 1.22. The Morgan fingerprint density at radius 2 is 2.00 bits per heavy atom. The summed E-state index contributed by atoms with van der Waals surface area (Å²) in [5.41, 5.74) is 0. The molecule has 1 unspecified atom stereocenters. The number of likely N-dealkylation sites (tertiary alicyclic amines) is 1. The minimum Gasteiger partial charge on any atom is -0.383 e. The first-order valence-electron chi connectivity index (χ1n) is 7.14. The number of piperidine rings is 1. The van der Waals surface area contributed by atoms with Gasteiger partial charge in [-0.1, -0.05) is 6.92 Å². The van der Waals surface area contributed by atoms with Crippen molar-refractivity contribution < 1.29 is 18.3 Å². The van der Waals surface area contributed by atoms with Crippen LogP contribution in [0.25, 0.3) is 0 Å². The molecule has 2 rings (SSSR count). The molecule has 1 N–H and O–H groups in total. The van der Waals surface area contributed by atoms with Crippen molar-refractivity contribution in [2.24, 2.45) is 5.92 Å². The molecule has 0 aromatic carbocycles. The number of aryl methyl sites for hydroxylation is 1. The highest BCUT2D eigenvalue weighted by Gasteiger charge is 2.44. The summed E-state index contributed by atoms with van der Waals surface area (Å²) in [6.45, 7) is 4.30. The number of hydrogen-bond donors (Lipinski definition) is 1. The van der Waals surface area contributed by atoms with Gasteiger partial charge in [-0.3, -0.25) is 4.90 Å². The van der Waals surface area contributed by atoms with E-state index in [0.29, 0.717) is 32.5 Å². The number of aliphatic hydroxyl groups excluding tert-OH is 1. The Hall–Kier alpha value is -1.22. The molecule has 1 fully saturated rings. The van der Waals surface area contributed by atoms with E-state index in [-0.39, 0.29) is 0 Å². The van der Waals surface area contributed by atoms with Crippen LogP contribution in [0.15, 0.2) is 0 Å². The highest BCUT2D eigenvalue weighted by Crippen LogP contribution is 2.31. The van der Waals surface area contributed by atoms with Crippen LogP contribution in [-0.2, 0) is 13.1 Å². The molecule has 0 amide bonds. The number of nitrogens with zero attached hydrogens (tertiary/aromatic N) is 5. The fourth-order valence-electron chi connectivity index (χ4n) is 2.62. The number of rotatable bonds is 5. The summed E-state index contributed by atoms with van der Waals surface area (Å²) < 4.78 is 39.2. The van der Waals surface area contributed by atoms with Gasteiger partial charge in [0.1, 0.15) is 0 Å². The van der Waals surface area contributed by atoms with E-state index in [0.717, 1.165) is 18.8 Å². The first-order valence-corrected chi connectivity index (χ1v) is 7.14. The van der Waals surface area contributed by atoms with E-state index in [1.54, 1.807) is 4.68 Å². The molecule has 1 aromatic heterocycles. The Morgan fingerprint density at radius 3 is 2.57 bits per heavy atom. The van der Waals surface area contributed by atoms with Crippen molar-refractivity contribution in [2.75, 3.05) is 13.1 Å². The predicted molar refractivity (Wildman–Crippen MR) is 68.2 cm³/mol. The van der Waals surface area contributed by atoms with Gasteiger partial charge in [-0.2, -0.15) is 13.2 Å². The van der Waals surface area contributed by atoms with Gasteiger partial charge in [0.05, 0.1) is 6.54 Å². The van der Waals surface area contributed by atoms with Crippen LogP contribution in [0.1, 0.15) is 32.0 Å². The van der Waals surface area contributed by atoms with Gasteiger partial charge < -0.3 is 5.11 Å². The SMILES string of the molecule is CCCn1nnnc1CN1CCC(C(O)C(F)(F)F)CC1. The highest BCUT2D eigenvalue weighted by molar-refractivity contribution is 4.86. The maximum atomic E-state index is 12.5. The fourth-order valence-corrected chi connectivity index (χ4v) is 2.62. The maximum absolute atomic E-state index is 12.5. The number of halogens is 3. The minimum atomic E-state index is -4.53. The smallest absolute Gasteiger partial charge is 0.383 e. The summed E-state index contributed by atoms with van der Waals surface area (Å²) in [7, 11) is 0. The highest BCUT2D eigenvalue weighted by atomic mass is 19.4. The molecule has 0 bridgehead atoms. The van der Waals surface area contributed by atoms with Crippen molar-refractivity contribution in [3.8, 4) is 0 Å². The molecule has 1 aromatic rings. The summed E-state index contributed by atoms with van der Waals surface area (Å²) in [5, 5.41) is 20.8. The van der Waals surface area contributed by atoms with Crippen LogP contribution in [0, 0.1) is 5.92 Å². The average molecular weight is 307 g/mol. The van der Waals surface area contributed by atoms with Gasteiger partial charge in [0.2, 0.25) is 0 Å². The molecule has 0 saturated carbocycles. The third-order valence-electron chi connectivity index (χ3n) is 3.82. The molecule has 6 nitrogen and oxygen atoms in total. The van der Waals surface area contributed by atoms with E-state index < -0.39 is 18.2 Å².